The molecule has 0 aliphatic carbocycles. The van der Waals surface area contributed by atoms with E-state index in [0.717, 1.165) is 23.5 Å². The molecule has 1 aromatic heterocycles. The van der Waals surface area contributed by atoms with Gasteiger partial charge in [0.25, 0.3) is 0 Å². The van der Waals surface area contributed by atoms with Crippen LogP contribution in [0.3, 0.4) is 0 Å². The van der Waals surface area contributed by atoms with Crippen LogP contribution >= 0.6 is 0 Å². The lowest BCUT2D eigenvalue weighted by atomic mass is 10.2. The van der Waals surface area contributed by atoms with Gasteiger partial charge in [-0.05, 0) is 48.5 Å². The molecule has 0 unspecified atom stereocenters. The van der Waals surface area contributed by atoms with Crippen LogP contribution in [0, 0.1) is 0 Å². The van der Waals surface area contributed by atoms with Crippen LogP contribution < -0.4 is 15.5 Å². The topological polar surface area (TPSA) is 66.0 Å². The second-order valence-corrected chi connectivity index (χ2v) is 5.93. The lowest BCUT2D eigenvalue weighted by Gasteiger charge is -2.13. The summed E-state index contributed by atoms with van der Waals surface area (Å²) < 4.78 is 37.8. The molecule has 140 valence electrons. The van der Waals surface area contributed by atoms with Crippen molar-refractivity contribution in [3.63, 3.8) is 0 Å². The third-order valence-corrected chi connectivity index (χ3v) is 3.68. The summed E-state index contributed by atoms with van der Waals surface area (Å²) >= 11 is 0. The van der Waals surface area contributed by atoms with Crippen molar-refractivity contribution >= 4 is 28.8 Å². The molecule has 0 bridgehead atoms. The molecule has 2 aromatic carbocycles. The number of alkyl halides is 3. The van der Waals surface area contributed by atoms with Crippen LogP contribution in [-0.2, 0) is 6.18 Å². The SMILES string of the molecule is CN(C)c1ccc(Nc2nncc(Nc3ccc(C(F)(F)F)cc3)n2)cc1. The highest BCUT2D eigenvalue weighted by Gasteiger charge is 2.29. The summed E-state index contributed by atoms with van der Waals surface area (Å²) in [5.74, 6) is 0.627. The molecule has 0 radical (unpaired) electrons. The number of aromatic nitrogens is 3. The van der Waals surface area contributed by atoms with E-state index in [1.807, 2.05) is 43.3 Å². The zero-order chi connectivity index (χ0) is 19.4. The van der Waals surface area contributed by atoms with Crippen molar-refractivity contribution < 1.29 is 13.2 Å². The third-order valence-electron chi connectivity index (χ3n) is 3.68. The Morgan fingerprint density at radius 1 is 0.852 bits per heavy atom. The molecule has 0 fully saturated rings. The Bertz CT molecular complexity index is 892. The standard InChI is InChI=1S/C18H17F3N6/c1-27(2)15-9-7-14(8-10-15)24-17-25-16(11-22-26-17)23-13-5-3-12(4-6-13)18(19,20)21/h3-11H,1-2H3,(H2,23,24,25,26). The molecule has 27 heavy (non-hydrogen) atoms. The van der Waals surface area contributed by atoms with E-state index < -0.39 is 11.7 Å². The summed E-state index contributed by atoms with van der Waals surface area (Å²) in [6, 6.07) is 12.3. The van der Waals surface area contributed by atoms with Crippen LogP contribution in [0.5, 0.6) is 0 Å². The second-order valence-electron chi connectivity index (χ2n) is 5.93. The minimum atomic E-state index is -4.37. The van der Waals surface area contributed by atoms with Crippen molar-refractivity contribution in [3.8, 4) is 0 Å². The molecule has 0 amide bonds. The summed E-state index contributed by atoms with van der Waals surface area (Å²) in [5, 5.41) is 13.7. The van der Waals surface area contributed by atoms with E-state index in [-0.39, 0.29) is 5.95 Å². The average Bonchev–Trinajstić information content (AvgIpc) is 2.62. The first kappa shape index (κ1) is 18.4. The van der Waals surface area contributed by atoms with E-state index in [1.54, 1.807) is 0 Å². The predicted molar refractivity (Wildman–Crippen MR) is 98.6 cm³/mol. The molecule has 1 heterocycles. The quantitative estimate of drug-likeness (QED) is 0.688. The third kappa shape index (κ3) is 4.84. The summed E-state index contributed by atoms with van der Waals surface area (Å²) in [7, 11) is 3.90. The van der Waals surface area contributed by atoms with E-state index in [4.69, 9.17) is 0 Å². The Morgan fingerprint density at radius 3 is 2.04 bits per heavy atom. The van der Waals surface area contributed by atoms with Gasteiger partial charge in [0.05, 0.1) is 11.8 Å². The molecule has 0 aliphatic heterocycles. The molecule has 0 saturated carbocycles. The highest BCUT2D eigenvalue weighted by molar-refractivity contribution is 5.61. The van der Waals surface area contributed by atoms with Gasteiger partial charge in [-0.3, -0.25) is 0 Å². The molecule has 2 N–H and O–H groups in total. The van der Waals surface area contributed by atoms with Crippen LogP contribution in [0.4, 0.5) is 42.0 Å². The van der Waals surface area contributed by atoms with Gasteiger partial charge in [0, 0.05) is 31.2 Å². The maximum absolute atomic E-state index is 12.6. The summed E-state index contributed by atoms with van der Waals surface area (Å²) in [4.78, 5) is 6.25. The Labute approximate surface area is 154 Å². The first-order chi connectivity index (χ1) is 12.8. The Hall–Kier alpha value is -3.36. The highest BCUT2D eigenvalue weighted by atomic mass is 19.4. The minimum absolute atomic E-state index is 0.268. The number of anilines is 5. The van der Waals surface area contributed by atoms with Gasteiger partial charge < -0.3 is 15.5 Å². The number of nitrogens with one attached hydrogen (secondary N) is 2. The first-order valence-corrected chi connectivity index (χ1v) is 8.00. The molecule has 9 heteroatoms. The van der Waals surface area contributed by atoms with Crippen LogP contribution in [0.2, 0.25) is 0 Å². The fraction of sp³-hybridized carbons (Fsp3) is 0.167. The van der Waals surface area contributed by atoms with E-state index >= 15 is 0 Å². The number of hydrogen-bond donors (Lipinski definition) is 2. The normalized spacial score (nSPS) is 11.1. The first-order valence-electron chi connectivity index (χ1n) is 8.00. The van der Waals surface area contributed by atoms with E-state index in [1.165, 1.54) is 18.3 Å². The molecule has 0 spiro atoms. The molecule has 3 aromatic rings. The Morgan fingerprint density at radius 2 is 1.44 bits per heavy atom. The summed E-state index contributed by atoms with van der Waals surface area (Å²) in [5.41, 5.74) is 1.59. The lowest BCUT2D eigenvalue weighted by Crippen LogP contribution is -2.08. The van der Waals surface area contributed by atoms with Crippen molar-refractivity contribution in [1.29, 1.82) is 0 Å². The monoisotopic (exact) mass is 374 g/mol. The van der Waals surface area contributed by atoms with Gasteiger partial charge in [0.15, 0.2) is 5.82 Å². The zero-order valence-corrected chi connectivity index (χ0v) is 14.6. The summed E-state index contributed by atoms with van der Waals surface area (Å²) in [6.07, 6.45) is -2.98. The predicted octanol–water partition coefficient (Wildman–Crippen LogP) is 4.44. The maximum Gasteiger partial charge on any atom is 0.416 e. The number of rotatable bonds is 5. The van der Waals surface area contributed by atoms with Crippen molar-refractivity contribution in [3.05, 3.63) is 60.3 Å². The van der Waals surface area contributed by atoms with Crippen molar-refractivity contribution in [2.24, 2.45) is 0 Å². The minimum Gasteiger partial charge on any atom is -0.378 e. The molecule has 6 nitrogen and oxygen atoms in total. The molecule has 0 saturated heterocycles. The number of nitrogens with zero attached hydrogens (tertiary/aromatic N) is 4. The zero-order valence-electron chi connectivity index (χ0n) is 14.6. The number of hydrogen-bond acceptors (Lipinski definition) is 6. The van der Waals surface area contributed by atoms with Gasteiger partial charge in [-0.15, -0.1) is 5.10 Å². The van der Waals surface area contributed by atoms with Crippen LogP contribution in [0.15, 0.2) is 54.7 Å². The van der Waals surface area contributed by atoms with Gasteiger partial charge in [0.2, 0.25) is 5.95 Å². The van der Waals surface area contributed by atoms with Gasteiger partial charge >= 0.3 is 6.18 Å². The van der Waals surface area contributed by atoms with Crippen LogP contribution in [0.1, 0.15) is 5.56 Å². The van der Waals surface area contributed by atoms with Crippen molar-refractivity contribution in [2.45, 2.75) is 6.18 Å². The van der Waals surface area contributed by atoms with Crippen molar-refractivity contribution in [2.75, 3.05) is 29.6 Å². The Balaban J connectivity index is 1.70. The molecule has 0 atom stereocenters. The smallest absolute Gasteiger partial charge is 0.378 e. The number of benzene rings is 2. The average molecular weight is 374 g/mol. The summed E-state index contributed by atoms with van der Waals surface area (Å²) in [6.45, 7) is 0. The lowest BCUT2D eigenvalue weighted by molar-refractivity contribution is -0.137. The van der Waals surface area contributed by atoms with E-state index in [0.29, 0.717) is 11.5 Å². The van der Waals surface area contributed by atoms with Gasteiger partial charge in [0.1, 0.15) is 0 Å². The van der Waals surface area contributed by atoms with E-state index in [9.17, 15) is 13.2 Å². The van der Waals surface area contributed by atoms with Gasteiger partial charge in [-0.2, -0.15) is 23.3 Å². The Kier molecular flexibility index (Phi) is 5.11. The van der Waals surface area contributed by atoms with Crippen molar-refractivity contribution in [1.82, 2.24) is 15.2 Å². The largest absolute Gasteiger partial charge is 0.416 e. The van der Waals surface area contributed by atoms with Crippen LogP contribution in [-0.4, -0.2) is 29.3 Å². The second kappa shape index (κ2) is 7.48. The molecular weight excluding hydrogens is 357 g/mol. The maximum atomic E-state index is 12.6. The fourth-order valence-electron chi connectivity index (χ4n) is 2.28. The molecular formula is C18H17F3N6. The molecule has 0 aliphatic rings. The van der Waals surface area contributed by atoms with Gasteiger partial charge in [-0.1, -0.05) is 0 Å². The van der Waals surface area contributed by atoms with Crippen LogP contribution in [0.25, 0.3) is 0 Å². The number of halogens is 3. The fourth-order valence-corrected chi connectivity index (χ4v) is 2.28. The highest BCUT2D eigenvalue weighted by Crippen LogP contribution is 2.30. The van der Waals surface area contributed by atoms with E-state index in [2.05, 4.69) is 25.8 Å². The molecule has 3 rings (SSSR count). The van der Waals surface area contributed by atoms with Gasteiger partial charge in [-0.25, -0.2) is 0 Å².